The van der Waals surface area contributed by atoms with Crippen molar-refractivity contribution in [3.05, 3.63) is 117 Å². The summed E-state index contributed by atoms with van der Waals surface area (Å²) >= 11 is 0. The van der Waals surface area contributed by atoms with Gasteiger partial charge in [-0.1, -0.05) is 54.6 Å². The van der Waals surface area contributed by atoms with Crippen LogP contribution >= 0.6 is 0 Å². The number of H-pyrrole nitrogens is 1. The summed E-state index contributed by atoms with van der Waals surface area (Å²) in [5.41, 5.74) is 7.10. The van der Waals surface area contributed by atoms with Crippen LogP contribution in [0.25, 0.3) is 10.9 Å². The van der Waals surface area contributed by atoms with Gasteiger partial charge in [-0.25, -0.2) is 4.68 Å². The Hall–Kier alpha value is -4.26. The summed E-state index contributed by atoms with van der Waals surface area (Å²) < 4.78 is 1.81. The summed E-state index contributed by atoms with van der Waals surface area (Å²) in [4.78, 5) is 19.0. The van der Waals surface area contributed by atoms with Crippen LogP contribution in [0.2, 0.25) is 0 Å². The molecule has 2 aromatic heterocycles. The summed E-state index contributed by atoms with van der Waals surface area (Å²) in [7, 11) is 0. The number of benzene rings is 3. The van der Waals surface area contributed by atoms with Crippen LogP contribution in [0.1, 0.15) is 39.7 Å². The van der Waals surface area contributed by atoms with E-state index in [1.165, 1.54) is 5.56 Å². The molecule has 35 heavy (non-hydrogen) atoms. The SMILES string of the molecule is Cc1cc(C)c2cc([C@H](c3nnnn3Cc3ccccc3)N3CCc4ccccc43)c(=O)[nH]c2c1. The fourth-order valence-corrected chi connectivity index (χ4v) is 5.25. The van der Waals surface area contributed by atoms with Gasteiger partial charge in [0.25, 0.3) is 5.56 Å². The third-order valence-corrected chi connectivity index (χ3v) is 6.85. The maximum absolute atomic E-state index is 13.6. The molecule has 0 radical (unpaired) electrons. The van der Waals surface area contributed by atoms with E-state index in [4.69, 9.17) is 0 Å². The minimum absolute atomic E-state index is 0.119. The highest BCUT2D eigenvalue weighted by Gasteiger charge is 2.34. The highest BCUT2D eigenvalue weighted by molar-refractivity contribution is 5.83. The average Bonchev–Trinajstić information content (AvgIpc) is 3.48. The lowest BCUT2D eigenvalue weighted by atomic mass is 10.00. The van der Waals surface area contributed by atoms with Gasteiger partial charge < -0.3 is 9.88 Å². The molecule has 1 atom stereocenters. The molecule has 7 nitrogen and oxygen atoms in total. The minimum atomic E-state index is -0.425. The van der Waals surface area contributed by atoms with Crippen LogP contribution in [-0.2, 0) is 13.0 Å². The second-order valence-electron chi connectivity index (χ2n) is 9.25. The number of rotatable bonds is 5. The highest BCUT2D eigenvalue weighted by Crippen LogP contribution is 2.37. The first-order valence-corrected chi connectivity index (χ1v) is 11.9. The van der Waals surface area contributed by atoms with Crippen molar-refractivity contribution in [1.29, 1.82) is 0 Å². The number of pyridine rings is 1. The number of fused-ring (bicyclic) bond motifs is 2. The fourth-order valence-electron chi connectivity index (χ4n) is 5.25. The molecule has 0 aliphatic carbocycles. The van der Waals surface area contributed by atoms with E-state index >= 15 is 0 Å². The van der Waals surface area contributed by atoms with Gasteiger partial charge >= 0.3 is 0 Å². The van der Waals surface area contributed by atoms with Gasteiger partial charge in [-0.3, -0.25) is 4.79 Å². The average molecular weight is 463 g/mol. The van der Waals surface area contributed by atoms with E-state index in [1.54, 1.807) is 0 Å². The van der Waals surface area contributed by atoms with Crippen LogP contribution < -0.4 is 10.5 Å². The number of para-hydroxylation sites is 1. The minimum Gasteiger partial charge on any atom is -0.357 e. The Morgan fingerprint density at radius 3 is 2.66 bits per heavy atom. The van der Waals surface area contributed by atoms with Crippen molar-refractivity contribution in [2.75, 3.05) is 11.4 Å². The molecule has 0 bridgehead atoms. The van der Waals surface area contributed by atoms with E-state index in [0.717, 1.165) is 46.2 Å². The molecular weight excluding hydrogens is 436 g/mol. The lowest BCUT2D eigenvalue weighted by molar-refractivity contribution is 0.577. The third kappa shape index (κ3) is 3.79. The normalized spacial score (nSPS) is 13.8. The molecule has 0 saturated carbocycles. The number of aromatic amines is 1. The summed E-state index contributed by atoms with van der Waals surface area (Å²) in [6.45, 7) is 5.43. The zero-order valence-electron chi connectivity index (χ0n) is 19.8. The molecule has 1 aliphatic rings. The van der Waals surface area contributed by atoms with E-state index in [2.05, 4.69) is 68.7 Å². The predicted octanol–water partition coefficient (Wildman–Crippen LogP) is 4.33. The Labute approximate surface area is 203 Å². The van der Waals surface area contributed by atoms with Crippen molar-refractivity contribution < 1.29 is 0 Å². The molecule has 1 N–H and O–H groups in total. The van der Waals surface area contributed by atoms with Crippen LogP contribution in [0, 0.1) is 13.8 Å². The number of nitrogens with zero attached hydrogens (tertiary/aromatic N) is 5. The number of aryl methyl sites for hydroxylation is 2. The highest BCUT2D eigenvalue weighted by atomic mass is 16.1. The third-order valence-electron chi connectivity index (χ3n) is 6.85. The standard InChI is InChI=1S/C28H26N6O/c1-18-14-19(2)22-16-23(28(35)29-24(22)15-18)26(33-13-12-21-10-6-7-11-25(21)33)27-30-31-32-34(27)17-20-8-4-3-5-9-20/h3-11,14-16,26H,12-13,17H2,1-2H3,(H,29,35)/t26-/m1/s1. The topological polar surface area (TPSA) is 79.7 Å². The maximum atomic E-state index is 13.6. The molecule has 0 unspecified atom stereocenters. The lowest BCUT2D eigenvalue weighted by Gasteiger charge is -2.29. The molecule has 1 aliphatic heterocycles. The molecule has 7 heteroatoms. The van der Waals surface area contributed by atoms with Crippen LogP contribution in [0.15, 0.2) is 77.6 Å². The number of nitrogens with one attached hydrogen (secondary N) is 1. The van der Waals surface area contributed by atoms with Gasteiger partial charge in [0.15, 0.2) is 5.82 Å². The Morgan fingerprint density at radius 2 is 1.80 bits per heavy atom. The van der Waals surface area contributed by atoms with Gasteiger partial charge in [-0.2, -0.15) is 0 Å². The van der Waals surface area contributed by atoms with Crippen molar-refractivity contribution in [2.24, 2.45) is 0 Å². The number of hydrogen-bond acceptors (Lipinski definition) is 5. The van der Waals surface area contributed by atoms with Crippen LogP contribution in [0.3, 0.4) is 0 Å². The van der Waals surface area contributed by atoms with Crippen molar-refractivity contribution >= 4 is 16.6 Å². The van der Waals surface area contributed by atoms with E-state index in [9.17, 15) is 4.79 Å². The maximum Gasteiger partial charge on any atom is 0.254 e. The van der Waals surface area contributed by atoms with E-state index < -0.39 is 6.04 Å². The zero-order valence-corrected chi connectivity index (χ0v) is 19.8. The molecular formula is C28H26N6O. The van der Waals surface area contributed by atoms with Crippen LogP contribution in [-0.4, -0.2) is 31.7 Å². The Morgan fingerprint density at radius 1 is 1.00 bits per heavy atom. The van der Waals surface area contributed by atoms with Crippen molar-refractivity contribution in [3.63, 3.8) is 0 Å². The summed E-state index contributed by atoms with van der Waals surface area (Å²) in [5.74, 6) is 0.653. The van der Waals surface area contributed by atoms with Crippen molar-refractivity contribution in [1.82, 2.24) is 25.2 Å². The van der Waals surface area contributed by atoms with Gasteiger partial charge in [0.2, 0.25) is 0 Å². The number of aromatic nitrogens is 5. The van der Waals surface area contributed by atoms with Crippen molar-refractivity contribution in [3.8, 4) is 0 Å². The van der Waals surface area contributed by atoms with Gasteiger partial charge in [0.1, 0.15) is 6.04 Å². The smallest absolute Gasteiger partial charge is 0.254 e. The van der Waals surface area contributed by atoms with E-state index in [-0.39, 0.29) is 5.56 Å². The fraction of sp³-hybridized carbons (Fsp3) is 0.214. The van der Waals surface area contributed by atoms with Crippen molar-refractivity contribution in [2.45, 2.75) is 32.9 Å². The van der Waals surface area contributed by atoms with Gasteiger partial charge in [-0.15, -0.1) is 5.10 Å². The summed E-state index contributed by atoms with van der Waals surface area (Å²) in [6.07, 6.45) is 0.913. The molecule has 6 rings (SSSR count). The van der Waals surface area contributed by atoms with Gasteiger partial charge in [-0.05, 0) is 71.1 Å². The second-order valence-corrected chi connectivity index (χ2v) is 9.25. The lowest BCUT2D eigenvalue weighted by Crippen LogP contribution is -2.34. The Bertz CT molecular complexity index is 1590. The first-order valence-electron chi connectivity index (χ1n) is 11.9. The predicted molar refractivity (Wildman–Crippen MR) is 137 cm³/mol. The molecule has 0 spiro atoms. The monoisotopic (exact) mass is 462 g/mol. The molecule has 0 fully saturated rings. The Kier molecular flexibility index (Phi) is 5.17. The molecule has 174 valence electrons. The largest absolute Gasteiger partial charge is 0.357 e. The molecule has 0 amide bonds. The summed E-state index contributed by atoms with van der Waals surface area (Å²) in [6, 6.07) is 24.2. The zero-order chi connectivity index (χ0) is 23.9. The molecule has 5 aromatic rings. The number of anilines is 1. The number of hydrogen-bond donors (Lipinski definition) is 1. The summed E-state index contributed by atoms with van der Waals surface area (Å²) in [5, 5.41) is 13.9. The van der Waals surface area contributed by atoms with Crippen LogP contribution in [0.4, 0.5) is 5.69 Å². The van der Waals surface area contributed by atoms with Gasteiger partial charge in [0, 0.05) is 28.7 Å². The van der Waals surface area contributed by atoms with E-state index in [0.29, 0.717) is 17.9 Å². The molecule has 3 heterocycles. The van der Waals surface area contributed by atoms with Gasteiger partial charge in [0.05, 0.1) is 6.54 Å². The van der Waals surface area contributed by atoms with Crippen LogP contribution in [0.5, 0.6) is 0 Å². The molecule has 3 aromatic carbocycles. The Balaban J connectivity index is 1.55. The van der Waals surface area contributed by atoms with E-state index in [1.807, 2.05) is 48.0 Å². The second kappa shape index (κ2) is 8.51. The molecule has 0 saturated heterocycles. The first kappa shape index (κ1) is 21.3. The first-order chi connectivity index (χ1) is 17.1. The number of tetrazole rings is 1. The quantitative estimate of drug-likeness (QED) is 0.421.